The van der Waals surface area contributed by atoms with E-state index in [4.69, 9.17) is 9.47 Å². The number of nitrogens with one attached hydrogen (secondary N) is 1. The van der Waals surface area contributed by atoms with Crippen LogP contribution in [0.15, 0.2) is 48.6 Å². The molecule has 58 heavy (non-hydrogen) atoms. The third-order valence-electron chi connectivity index (χ3n) is 11.1. The molecule has 7 unspecified atom stereocenters. The maximum absolute atomic E-state index is 13.0. The van der Waals surface area contributed by atoms with Crippen molar-refractivity contribution < 1.29 is 39.8 Å². The number of carbonyl (C=O) groups is 1. The van der Waals surface area contributed by atoms with Crippen molar-refractivity contribution in [2.24, 2.45) is 0 Å². The van der Waals surface area contributed by atoms with E-state index in [1.807, 2.05) is 6.08 Å². The Morgan fingerprint density at radius 1 is 0.569 bits per heavy atom. The molecule has 9 heteroatoms. The summed E-state index contributed by atoms with van der Waals surface area (Å²) in [7, 11) is 0. The fourth-order valence-electron chi connectivity index (χ4n) is 7.24. The van der Waals surface area contributed by atoms with Gasteiger partial charge in [0.05, 0.1) is 25.4 Å². The summed E-state index contributed by atoms with van der Waals surface area (Å²) in [6.07, 6.45) is 43.0. The summed E-state index contributed by atoms with van der Waals surface area (Å²) >= 11 is 0. The highest BCUT2D eigenvalue weighted by molar-refractivity contribution is 5.76. The highest BCUT2D eigenvalue weighted by Crippen LogP contribution is 2.22. The second kappa shape index (κ2) is 39.3. The zero-order valence-corrected chi connectivity index (χ0v) is 37.0. The predicted molar refractivity (Wildman–Crippen MR) is 239 cm³/mol. The number of amides is 1. The largest absolute Gasteiger partial charge is 0.394 e. The van der Waals surface area contributed by atoms with Gasteiger partial charge in [0, 0.05) is 6.42 Å². The van der Waals surface area contributed by atoms with E-state index in [1.54, 1.807) is 6.08 Å². The average molecular weight is 820 g/mol. The van der Waals surface area contributed by atoms with Gasteiger partial charge in [0.2, 0.25) is 5.91 Å². The van der Waals surface area contributed by atoms with Crippen molar-refractivity contribution >= 4 is 5.91 Å². The van der Waals surface area contributed by atoms with Crippen LogP contribution in [0.5, 0.6) is 0 Å². The molecule has 0 radical (unpaired) electrons. The lowest BCUT2D eigenvalue weighted by molar-refractivity contribution is -0.302. The third kappa shape index (κ3) is 29.4. The van der Waals surface area contributed by atoms with E-state index in [9.17, 15) is 30.3 Å². The molecule has 1 aliphatic heterocycles. The minimum atomic E-state index is -1.57. The van der Waals surface area contributed by atoms with Crippen LogP contribution in [0, 0.1) is 0 Å². The van der Waals surface area contributed by atoms with Gasteiger partial charge in [0.25, 0.3) is 0 Å². The zero-order valence-electron chi connectivity index (χ0n) is 37.0. The van der Waals surface area contributed by atoms with Crippen molar-refractivity contribution in [1.82, 2.24) is 5.32 Å². The molecule has 1 aliphatic rings. The van der Waals surface area contributed by atoms with Gasteiger partial charge in [-0.1, -0.05) is 172 Å². The van der Waals surface area contributed by atoms with Gasteiger partial charge in [-0.3, -0.25) is 4.79 Å². The molecular formula is C49H89NO8. The number of rotatable bonds is 39. The third-order valence-corrected chi connectivity index (χ3v) is 11.1. The summed E-state index contributed by atoms with van der Waals surface area (Å²) in [6.45, 7) is 3.73. The van der Waals surface area contributed by atoms with E-state index in [0.29, 0.717) is 6.42 Å². The monoisotopic (exact) mass is 820 g/mol. The predicted octanol–water partition coefficient (Wildman–Crippen LogP) is 10.2. The number of ether oxygens (including phenoxy) is 2. The van der Waals surface area contributed by atoms with Gasteiger partial charge in [0.1, 0.15) is 24.4 Å². The molecule has 0 bridgehead atoms. The topological polar surface area (TPSA) is 149 Å². The lowest BCUT2D eigenvalue weighted by Gasteiger charge is -2.40. The molecule has 1 amide bonds. The van der Waals surface area contributed by atoms with Gasteiger partial charge >= 0.3 is 0 Å². The molecule has 0 spiro atoms. The molecule has 9 nitrogen and oxygen atoms in total. The van der Waals surface area contributed by atoms with E-state index in [-0.39, 0.29) is 12.5 Å². The first-order valence-corrected chi connectivity index (χ1v) is 23.9. The van der Waals surface area contributed by atoms with Gasteiger partial charge in [-0.05, 0) is 70.6 Å². The molecule has 1 heterocycles. The summed E-state index contributed by atoms with van der Waals surface area (Å²) in [5.41, 5.74) is 0. The standard InChI is InChI=1S/C49H89NO8/c1-3-5-7-9-11-13-15-17-19-20-21-22-23-25-27-29-31-33-35-37-39-45(53)50-42(41-57-49-48(56)47(55)46(54)44(40-51)58-49)43(52)38-36-34-32-30-28-26-24-18-16-14-12-10-8-6-4-2/h16,18,21-22,28,30,36,38,42-44,46-49,51-52,54-56H,3-15,17,19-20,23-27,29,31-35,37,39-41H2,1-2H3,(H,50,53)/b18-16+,22-21-,30-28+,38-36+. The van der Waals surface area contributed by atoms with Crippen LogP contribution in [0.3, 0.4) is 0 Å². The lowest BCUT2D eigenvalue weighted by Crippen LogP contribution is -2.60. The summed E-state index contributed by atoms with van der Waals surface area (Å²) in [5, 5.41) is 54.2. The van der Waals surface area contributed by atoms with Gasteiger partial charge in [-0.15, -0.1) is 0 Å². The molecular weight excluding hydrogens is 731 g/mol. The highest BCUT2D eigenvalue weighted by Gasteiger charge is 2.44. The Morgan fingerprint density at radius 3 is 1.45 bits per heavy atom. The smallest absolute Gasteiger partial charge is 0.220 e. The minimum absolute atomic E-state index is 0.197. The second-order valence-corrected chi connectivity index (χ2v) is 16.5. The number of aliphatic hydroxyl groups excluding tert-OH is 5. The number of hydrogen-bond donors (Lipinski definition) is 6. The zero-order chi connectivity index (χ0) is 42.3. The van der Waals surface area contributed by atoms with Crippen LogP contribution in [0.4, 0.5) is 0 Å². The maximum Gasteiger partial charge on any atom is 0.220 e. The average Bonchev–Trinajstić information content (AvgIpc) is 3.22. The van der Waals surface area contributed by atoms with E-state index < -0.39 is 49.5 Å². The van der Waals surface area contributed by atoms with Crippen molar-refractivity contribution in [3.05, 3.63) is 48.6 Å². The number of aliphatic hydroxyl groups is 5. The van der Waals surface area contributed by atoms with Crippen LogP contribution in [0.2, 0.25) is 0 Å². The van der Waals surface area contributed by atoms with E-state index in [1.165, 1.54) is 116 Å². The van der Waals surface area contributed by atoms with Crippen molar-refractivity contribution in [1.29, 1.82) is 0 Å². The van der Waals surface area contributed by atoms with Crippen LogP contribution < -0.4 is 5.32 Å². The van der Waals surface area contributed by atoms with Crippen molar-refractivity contribution in [2.45, 2.75) is 243 Å². The molecule has 1 saturated heterocycles. The number of hydrogen-bond acceptors (Lipinski definition) is 8. The summed E-state index contributed by atoms with van der Waals surface area (Å²) in [6, 6.07) is -0.829. The lowest BCUT2D eigenvalue weighted by atomic mass is 9.99. The molecule has 0 aromatic carbocycles. The fraction of sp³-hybridized carbons (Fsp3) is 0.816. The van der Waals surface area contributed by atoms with Crippen molar-refractivity contribution in [2.75, 3.05) is 13.2 Å². The number of carbonyl (C=O) groups excluding carboxylic acids is 1. The first-order chi connectivity index (χ1) is 28.3. The minimum Gasteiger partial charge on any atom is -0.394 e. The fourth-order valence-corrected chi connectivity index (χ4v) is 7.24. The molecule has 7 atom stereocenters. The Labute approximate surface area is 354 Å². The van der Waals surface area contributed by atoms with E-state index in [2.05, 4.69) is 55.6 Å². The molecule has 0 aromatic heterocycles. The Balaban J connectivity index is 2.36. The van der Waals surface area contributed by atoms with Crippen LogP contribution in [0.25, 0.3) is 0 Å². The van der Waals surface area contributed by atoms with E-state index in [0.717, 1.165) is 64.2 Å². The van der Waals surface area contributed by atoms with Crippen molar-refractivity contribution in [3.63, 3.8) is 0 Å². The van der Waals surface area contributed by atoms with Crippen LogP contribution in [-0.4, -0.2) is 87.5 Å². The summed E-state index contributed by atoms with van der Waals surface area (Å²) < 4.78 is 11.2. The first kappa shape index (κ1) is 54.2. The van der Waals surface area contributed by atoms with Gasteiger partial charge < -0.3 is 40.3 Å². The molecule has 1 rings (SSSR count). The Hall–Kier alpha value is -1.85. The molecule has 338 valence electrons. The van der Waals surface area contributed by atoms with Crippen LogP contribution in [0.1, 0.15) is 200 Å². The van der Waals surface area contributed by atoms with Crippen molar-refractivity contribution in [3.8, 4) is 0 Å². The van der Waals surface area contributed by atoms with Gasteiger partial charge in [0.15, 0.2) is 6.29 Å². The number of allylic oxidation sites excluding steroid dienone is 7. The Bertz CT molecular complexity index is 1050. The quantitative estimate of drug-likeness (QED) is 0.0265. The molecule has 1 fully saturated rings. The summed E-state index contributed by atoms with van der Waals surface area (Å²) in [5.74, 6) is -0.197. The molecule has 0 aromatic rings. The molecule has 0 aliphatic carbocycles. The van der Waals surface area contributed by atoms with Gasteiger partial charge in [-0.25, -0.2) is 0 Å². The summed E-state index contributed by atoms with van der Waals surface area (Å²) in [4.78, 5) is 13.0. The van der Waals surface area contributed by atoms with Gasteiger partial charge in [-0.2, -0.15) is 0 Å². The molecule has 6 N–H and O–H groups in total. The highest BCUT2D eigenvalue weighted by atomic mass is 16.7. The molecule has 0 saturated carbocycles. The maximum atomic E-state index is 13.0. The number of unbranched alkanes of at least 4 members (excludes halogenated alkanes) is 23. The van der Waals surface area contributed by atoms with Crippen LogP contribution in [-0.2, 0) is 14.3 Å². The second-order valence-electron chi connectivity index (χ2n) is 16.5. The van der Waals surface area contributed by atoms with Crippen LogP contribution >= 0.6 is 0 Å². The van der Waals surface area contributed by atoms with E-state index >= 15 is 0 Å². The Kier molecular flexibility index (Phi) is 36.7. The SMILES string of the molecule is CCCCCCC/C=C/CC/C=C/CC/C=C/C(O)C(COC1OC(CO)C(O)C(O)C1O)NC(=O)CCCCCCCCC/C=C\CCCCCCCCCCC. The first-order valence-electron chi connectivity index (χ1n) is 23.9. The Morgan fingerprint density at radius 2 is 0.983 bits per heavy atom. The normalized spacial score (nSPS) is 21.3.